The fraction of sp³-hybridized carbons (Fsp3) is 0.167. The van der Waals surface area contributed by atoms with Crippen molar-refractivity contribution in [3.05, 3.63) is 50.1 Å². The van der Waals surface area contributed by atoms with Crippen LogP contribution in [0.25, 0.3) is 0 Å². The van der Waals surface area contributed by atoms with E-state index in [1.54, 1.807) is 23.1 Å². The van der Waals surface area contributed by atoms with Crippen LogP contribution in [-0.2, 0) is 0 Å². The summed E-state index contributed by atoms with van der Waals surface area (Å²) in [4.78, 5) is 2.09. The minimum atomic E-state index is -0.440. The average Bonchev–Trinajstić information content (AvgIpc) is 2.74. The zero-order valence-electron chi connectivity index (χ0n) is 8.77. The topological polar surface area (TPSA) is 20.2 Å². The van der Waals surface area contributed by atoms with Crippen molar-refractivity contribution in [3.63, 3.8) is 0 Å². The molecule has 1 heterocycles. The maximum atomic E-state index is 10.0. The first-order valence-corrected chi connectivity index (χ1v) is 8.00. The van der Waals surface area contributed by atoms with Crippen molar-refractivity contribution in [3.8, 4) is 0 Å². The molecule has 1 aromatic carbocycles. The molecule has 1 unspecified atom stereocenters. The Labute approximate surface area is 122 Å². The molecule has 0 radical (unpaired) electrons. The van der Waals surface area contributed by atoms with Crippen LogP contribution in [0.3, 0.4) is 0 Å². The molecule has 0 spiro atoms. The van der Waals surface area contributed by atoms with Crippen LogP contribution in [0, 0.1) is 0 Å². The van der Waals surface area contributed by atoms with Crippen molar-refractivity contribution in [2.45, 2.75) is 11.0 Å². The Morgan fingerprint density at radius 1 is 1.29 bits per heavy atom. The minimum Gasteiger partial charge on any atom is -0.387 e. The molecular formula is C12H10BrClOS2. The third-order valence-corrected chi connectivity index (χ3v) is 5.48. The predicted molar refractivity (Wildman–Crippen MR) is 79.2 cm³/mol. The lowest BCUT2D eigenvalue weighted by molar-refractivity contribution is 0.207. The van der Waals surface area contributed by atoms with E-state index in [0.717, 1.165) is 19.3 Å². The highest BCUT2D eigenvalue weighted by Gasteiger charge is 2.12. The lowest BCUT2D eigenvalue weighted by atomic mass is 10.3. The fourth-order valence-corrected chi connectivity index (χ4v) is 4.03. The highest BCUT2D eigenvalue weighted by Crippen LogP contribution is 2.32. The smallest absolute Gasteiger partial charge is 0.0986 e. The Morgan fingerprint density at radius 3 is 2.59 bits per heavy atom. The molecule has 5 heteroatoms. The molecule has 17 heavy (non-hydrogen) atoms. The zero-order valence-corrected chi connectivity index (χ0v) is 12.7. The van der Waals surface area contributed by atoms with Gasteiger partial charge in [-0.05, 0) is 51.6 Å². The van der Waals surface area contributed by atoms with E-state index in [1.807, 2.05) is 35.7 Å². The van der Waals surface area contributed by atoms with E-state index >= 15 is 0 Å². The molecule has 1 N–H and O–H groups in total. The van der Waals surface area contributed by atoms with Crippen LogP contribution in [0.5, 0.6) is 0 Å². The second-order valence-electron chi connectivity index (χ2n) is 3.41. The second-order valence-corrected chi connectivity index (χ2v) is 6.75. The molecule has 0 saturated carbocycles. The normalized spacial score (nSPS) is 12.6. The number of hydrogen-bond acceptors (Lipinski definition) is 3. The van der Waals surface area contributed by atoms with Gasteiger partial charge in [-0.3, -0.25) is 0 Å². The molecule has 0 fully saturated rings. The van der Waals surface area contributed by atoms with E-state index in [9.17, 15) is 5.11 Å². The highest BCUT2D eigenvalue weighted by molar-refractivity contribution is 9.10. The summed E-state index contributed by atoms with van der Waals surface area (Å²) in [5, 5.41) is 12.7. The summed E-state index contributed by atoms with van der Waals surface area (Å²) >= 11 is 12.4. The summed E-state index contributed by atoms with van der Waals surface area (Å²) in [7, 11) is 0. The number of thioether (sulfide) groups is 1. The molecule has 0 amide bonds. The van der Waals surface area contributed by atoms with Gasteiger partial charge < -0.3 is 5.11 Å². The standard InChI is InChI=1S/C12H10BrClOS2/c13-10-5-6-16-12(10)11(15)7-17-9-3-1-8(14)2-4-9/h1-6,11,15H,7H2. The first-order chi connectivity index (χ1) is 8.16. The van der Waals surface area contributed by atoms with Gasteiger partial charge in [0.05, 0.1) is 6.10 Å². The molecular weight excluding hydrogens is 340 g/mol. The number of aliphatic hydroxyl groups is 1. The SMILES string of the molecule is OC(CSc1ccc(Cl)cc1)c1sccc1Br. The van der Waals surface area contributed by atoms with Gasteiger partial charge in [0.2, 0.25) is 0 Å². The molecule has 1 atom stereocenters. The van der Waals surface area contributed by atoms with Gasteiger partial charge in [-0.15, -0.1) is 23.1 Å². The molecule has 2 rings (SSSR count). The van der Waals surface area contributed by atoms with Crippen LogP contribution in [0.1, 0.15) is 11.0 Å². The number of halogens is 2. The molecule has 0 saturated heterocycles. The van der Waals surface area contributed by atoms with Gasteiger partial charge >= 0.3 is 0 Å². The Bertz CT molecular complexity index is 484. The van der Waals surface area contributed by atoms with Gasteiger partial charge in [0, 0.05) is 25.0 Å². The fourth-order valence-electron chi connectivity index (χ4n) is 1.32. The summed E-state index contributed by atoms with van der Waals surface area (Å²) < 4.78 is 0.978. The molecule has 1 aromatic heterocycles. The van der Waals surface area contributed by atoms with Gasteiger partial charge in [0.15, 0.2) is 0 Å². The van der Waals surface area contributed by atoms with Crippen LogP contribution in [0.2, 0.25) is 5.02 Å². The lowest BCUT2D eigenvalue weighted by Crippen LogP contribution is -1.98. The third-order valence-electron chi connectivity index (χ3n) is 2.17. The van der Waals surface area contributed by atoms with E-state index in [0.29, 0.717) is 5.75 Å². The molecule has 0 bridgehead atoms. The molecule has 1 nitrogen and oxygen atoms in total. The van der Waals surface area contributed by atoms with Gasteiger partial charge in [-0.1, -0.05) is 11.6 Å². The minimum absolute atomic E-state index is 0.440. The van der Waals surface area contributed by atoms with Gasteiger partial charge in [0.25, 0.3) is 0 Å². The molecule has 0 aliphatic carbocycles. The molecule has 90 valence electrons. The largest absolute Gasteiger partial charge is 0.387 e. The number of benzene rings is 1. The number of rotatable bonds is 4. The maximum absolute atomic E-state index is 10.0. The molecule has 0 aliphatic heterocycles. The Morgan fingerprint density at radius 2 is 2.00 bits per heavy atom. The number of hydrogen-bond donors (Lipinski definition) is 1. The van der Waals surface area contributed by atoms with Crippen molar-refractivity contribution in [1.82, 2.24) is 0 Å². The summed E-state index contributed by atoms with van der Waals surface area (Å²) in [6.07, 6.45) is -0.440. The Balaban J connectivity index is 1.94. The van der Waals surface area contributed by atoms with Crippen molar-refractivity contribution < 1.29 is 5.11 Å². The van der Waals surface area contributed by atoms with Crippen LogP contribution < -0.4 is 0 Å². The number of aliphatic hydroxyl groups excluding tert-OH is 1. The van der Waals surface area contributed by atoms with E-state index in [1.165, 1.54) is 0 Å². The van der Waals surface area contributed by atoms with Gasteiger partial charge in [-0.2, -0.15) is 0 Å². The van der Waals surface area contributed by atoms with E-state index in [-0.39, 0.29) is 0 Å². The lowest BCUT2D eigenvalue weighted by Gasteiger charge is -2.09. The first kappa shape index (κ1) is 13.4. The Kier molecular flexibility index (Phi) is 4.94. The average molecular weight is 350 g/mol. The third kappa shape index (κ3) is 3.73. The number of thiophene rings is 1. The van der Waals surface area contributed by atoms with Crippen molar-refractivity contribution in [2.24, 2.45) is 0 Å². The summed E-state index contributed by atoms with van der Waals surface area (Å²) in [5.74, 6) is 0.640. The van der Waals surface area contributed by atoms with Crippen LogP contribution in [-0.4, -0.2) is 10.9 Å². The quantitative estimate of drug-likeness (QED) is 0.785. The van der Waals surface area contributed by atoms with Gasteiger partial charge in [-0.25, -0.2) is 0 Å². The van der Waals surface area contributed by atoms with E-state index in [2.05, 4.69) is 15.9 Å². The maximum Gasteiger partial charge on any atom is 0.0986 e. The zero-order chi connectivity index (χ0) is 12.3. The molecule has 0 aliphatic rings. The van der Waals surface area contributed by atoms with E-state index < -0.39 is 6.10 Å². The van der Waals surface area contributed by atoms with E-state index in [4.69, 9.17) is 11.6 Å². The second kappa shape index (κ2) is 6.25. The predicted octanol–water partition coefficient (Wildman–Crippen LogP) is 4.99. The van der Waals surface area contributed by atoms with Crippen molar-refractivity contribution in [2.75, 3.05) is 5.75 Å². The van der Waals surface area contributed by atoms with Crippen LogP contribution >= 0.6 is 50.6 Å². The van der Waals surface area contributed by atoms with Gasteiger partial charge in [0.1, 0.15) is 0 Å². The highest BCUT2D eigenvalue weighted by atomic mass is 79.9. The monoisotopic (exact) mass is 348 g/mol. The summed E-state index contributed by atoms with van der Waals surface area (Å²) in [6.45, 7) is 0. The van der Waals surface area contributed by atoms with Crippen molar-refractivity contribution >= 4 is 50.6 Å². The first-order valence-electron chi connectivity index (χ1n) is 4.96. The van der Waals surface area contributed by atoms with Crippen molar-refractivity contribution in [1.29, 1.82) is 0 Å². The molecule has 2 aromatic rings. The summed E-state index contributed by atoms with van der Waals surface area (Å²) in [6, 6.07) is 9.59. The van der Waals surface area contributed by atoms with Crippen LogP contribution in [0.4, 0.5) is 0 Å². The summed E-state index contributed by atoms with van der Waals surface area (Å²) in [5.41, 5.74) is 0. The Hall–Kier alpha value is -0.000000000000000111. The van der Waals surface area contributed by atoms with Crippen LogP contribution in [0.15, 0.2) is 45.1 Å².